The number of hydrogen-bond donors (Lipinski definition) is 3. The highest BCUT2D eigenvalue weighted by atomic mass is 16.5. The first-order chi connectivity index (χ1) is 9.88. The van der Waals surface area contributed by atoms with Gasteiger partial charge in [-0.1, -0.05) is 13.3 Å². The molecule has 0 bridgehead atoms. The van der Waals surface area contributed by atoms with Crippen LogP contribution in [0.5, 0.6) is 0 Å². The molecular weight excluding hydrogens is 280 g/mol. The zero-order chi connectivity index (χ0) is 16.0. The van der Waals surface area contributed by atoms with E-state index in [0.29, 0.717) is 17.8 Å². The normalized spacial score (nSPS) is 10.4. The number of aromatic amines is 1. The SMILES string of the molecule is CCCc1[nH]nc(C(N)=O)c1N(C)C(=O)COCC(=O)O. The third kappa shape index (κ3) is 4.28. The first-order valence-corrected chi connectivity index (χ1v) is 6.31. The second-order valence-corrected chi connectivity index (χ2v) is 4.35. The number of nitrogens with two attached hydrogens (primary N) is 1. The number of likely N-dealkylation sites (N-methyl/N-ethyl adjacent to an activating group) is 1. The van der Waals surface area contributed by atoms with Crippen molar-refractivity contribution in [1.82, 2.24) is 10.2 Å². The minimum atomic E-state index is -1.17. The Morgan fingerprint density at radius 1 is 1.38 bits per heavy atom. The Kier molecular flexibility index (Phi) is 5.85. The molecule has 2 amide bonds. The molecule has 0 saturated carbocycles. The van der Waals surface area contributed by atoms with Crippen LogP contribution in [0.15, 0.2) is 0 Å². The van der Waals surface area contributed by atoms with Crippen LogP contribution in [0.2, 0.25) is 0 Å². The second-order valence-electron chi connectivity index (χ2n) is 4.35. The van der Waals surface area contributed by atoms with Crippen LogP contribution in [0.1, 0.15) is 29.5 Å². The molecule has 1 aromatic rings. The molecule has 1 rings (SSSR count). The average Bonchev–Trinajstić information content (AvgIpc) is 2.81. The van der Waals surface area contributed by atoms with Gasteiger partial charge in [-0.25, -0.2) is 4.79 Å². The first-order valence-electron chi connectivity index (χ1n) is 6.31. The Labute approximate surface area is 121 Å². The number of nitrogens with zero attached hydrogens (tertiary/aromatic N) is 2. The molecule has 1 aromatic heterocycles. The summed E-state index contributed by atoms with van der Waals surface area (Å²) in [6, 6.07) is 0. The third-order valence-corrected chi connectivity index (χ3v) is 2.71. The monoisotopic (exact) mass is 298 g/mol. The summed E-state index contributed by atoms with van der Waals surface area (Å²) in [5.74, 6) is -2.43. The maximum absolute atomic E-state index is 12.0. The molecule has 9 nitrogen and oxygen atoms in total. The van der Waals surface area contributed by atoms with Crippen LogP contribution in [0, 0.1) is 0 Å². The fraction of sp³-hybridized carbons (Fsp3) is 0.500. The summed E-state index contributed by atoms with van der Waals surface area (Å²) in [6.07, 6.45) is 1.37. The van der Waals surface area contributed by atoms with Crippen LogP contribution >= 0.6 is 0 Å². The van der Waals surface area contributed by atoms with Crippen LogP contribution < -0.4 is 10.6 Å². The predicted octanol–water partition coefficient (Wildman–Crippen LogP) is -0.475. The lowest BCUT2D eigenvalue weighted by Gasteiger charge is -2.18. The molecule has 0 unspecified atom stereocenters. The van der Waals surface area contributed by atoms with Gasteiger partial charge in [0.25, 0.3) is 11.8 Å². The molecule has 1 heterocycles. The number of carbonyl (C=O) groups excluding carboxylic acids is 2. The van der Waals surface area contributed by atoms with Crippen molar-refractivity contribution >= 4 is 23.5 Å². The van der Waals surface area contributed by atoms with E-state index in [-0.39, 0.29) is 5.69 Å². The first kappa shape index (κ1) is 16.6. The van der Waals surface area contributed by atoms with E-state index in [4.69, 9.17) is 15.6 Å². The van der Waals surface area contributed by atoms with Gasteiger partial charge in [0.05, 0.1) is 11.4 Å². The van der Waals surface area contributed by atoms with Crippen LogP contribution in [0.4, 0.5) is 5.69 Å². The van der Waals surface area contributed by atoms with Crippen molar-refractivity contribution in [3.8, 4) is 0 Å². The van der Waals surface area contributed by atoms with Gasteiger partial charge in [-0.05, 0) is 6.42 Å². The summed E-state index contributed by atoms with van der Waals surface area (Å²) in [5, 5.41) is 15.0. The predicted molar refractivity (Wildman–Crippen MR) is 73.0 cm³/mol. The van der Waals surface area contributed by atoms with Gasteiger partial charge in [0.15, 0.2) is 5.69 Å². The number of aryl methyl sites for hydroxylation is 1. The largest absolute Gasteiger partial charge is 0.480 e. The molecule has 0 aliphatic rings. The van der Waals surface area contributed by atoms with Gasteiger partial charge in [0.2, 0.25) is 0 Å². The number of carboxylic acid groups (broad SMARTS) is 1. The van der Waals surface area contributed by atoms with E-state index in [9.17, 15) is 14.4 Å². The standard InChI is InChI=1S/C12H18N4O5/c1-3-4-7-11(10(12(13)20)15-14-7)16(2)8(17)5-21-6-9(18)19/h3-6H2,1-2H3,(H2,13,20)(H,14,15)(H,18,19). The Balaban J connectivity index is 2.91. The Morgan fingerprint density at radius 2 is 2.05 bits per heavy atom. The molecule has 0 atom stereocenters. The Hall–Kier alpha value is -2.42. The molecule has 21 heavy (non-hydrogen) atoms. The Bertz CT molecular complexity index is 540. The number of ether oxygens (including phenoxy) is 1. The van der Waals surface area contributed by atoms with E-state index in [1.165, 1.54) is 11.9 Å². The molecule has 0 aliphatic carbocycles. The van der Waals surface area contributed by atoms with Crippen LogP contribution in [-0.4, -0.2) is 53.3 Å². The molecule has 0 fully saturated rings. The highest BCUT2D eigenvalue weighted by Gasteiger charge is 2.24. The molecule has 0 aromatic carbocycles. The van der Waals surface area contributed by atoms with Gasteiger partial charge in [-0.3, -0.25) is 14.7 Å². The fourth-order valence-corrected chi connectivity index (χ4v) is 1.78. The van der Waals surface area contributed by atoms with Crippen molar-refractivity contribution in [3.05, 3.63) is 11.4 Å². The van der Waals surface area contributed by atoms with Crippen LogP contribution in [0.3, 0.4) is 0 Å². The zero-order valence-electron chi connectivity index (χ0n) is 11.9. The van der Waals surface area contributed by atoms with E-state index in [0.717, 1.165) is 6.42 Å². The number of carbonyl (C=O) groups is 3. The molecule has 0 aliphatic heterocycles. The number of primary amides is 1. The van der Waals surface area contributed by atoms with Crippen molar-refractivity contribution in [1.29, 1.82) is 0 Å². The topological polar surface area (TPSA) is 139 Å². The molecule has 9 heteroatoms. The number of aliphatic carboxylic acids is 1. The van der Waals surface area contributed by atoms with Crippen molar-refractivity contribution < 1.29 is 24.2 Å². The van der Waals surface area contributed by atoms with Crippen molar-refractivity contribution in [2.24, 2.45) is 5.73 Å². The number of nitrogens with one attached hydrogen (secondary N) is 1. The lowest BCUT2D eigenvalue weighted by Crippen LogP contribution is -2.33. The summed E-state index contributed by atoms with van der Waals surface area (Å²) in [6.45, 7) is 0.944. The van der Waals surface area contributed by atoms with Crippen molar-refractivity contribution in [2.75, 3.05) is 25.2 Å². The molecule has 116 valence electrons. The summed E-state index contributed by atoms with van der Waals surface area (Å²) in [4.78, 5) is 34.9. The number of carboxylic acids is 1. The number of hydrogen-bond acceptors (Lipinski definition) is 5. The van der Waals surface area contributed by atoms with Crippen molar-refractivity contribution in [2.45, 2.75) is 19.8 Å². The fourth-order valence-electron chi connectivity index (χ4n) is 1.78. The number of rotatable bonds is 8. The summed E-state index contributed by atoms with van der Waals surface area (Å²) in [5.41, 5.74) is 6.11. The average molecular weight is 298 g/mol. The Morgan fingerprint density at radius 3 is 2.57 bits per heavy atom. The van der Waals surface area contributed by atoms with Gasteiger partial charge >= 0.3 is 5.97 Å². The summed E-state index contributed by atoms with van der Waals surface area (Å²) in [7, 11) is 1.45. The molecule has 4 N–H and O–H groups in total. The van der Waals surface area contributed by atoms with Gasteiger partial charge in [0.1, 0.15) is 13.2 Å². The maximum Gasteiger partial charge on any atom is 0.329 e. The van der Waals surface area contributed by atoms with Gasteiger partial charge in [0, 0.05) is 7.05 Å². The minimum absolute atomic E-state index is 0.0347. The smallest absolute Gasteiger partial charge is 0.329 e. The van der Waals surface area contributed by atoms with Gasteiger partial charge in [-0.15, -0.1) is 0 Å². The van der Waals surface area contributed by atoms with E-state index >= 15 is 0 Å². The molecule has 0 saturated heterocycles. The number of aromatic nitrogens is 2. The minimum Gasteiger partial charge on any atom is -0.480 e. The van der Waals surface area contributed by atoms with Crippen molar-refractivity contribution in [3.63, 3.8) is 0 Å². The maximum atomic E-state index is 12.0. The molecule has 0 spiro atoms. The molecule has 0 radical (unpaired) electrons. The lowest BCUT2D eigenvalue weighted by molar-refractivity contribution is -0.143. The number of H-pyrrole nitrogens is 1. The van der Waals surface area contributed by atoms with E-state index in [1.54, 1.807) is 0 Å². The summed E-state index contributed by atoms with van der Waals surface area (Å²) >= 11 is 0. The van der Waals surface area contributed by atoms with E-state index in [2.05, 4.69) is 10.2 Å². The highest BCUT2D eigenvalue weighted by Crippen LogP contribution is 2.23. The van der Waals surface area contributed by atoms with Crippen LogP contribution in [-0.2, 0) is 20.7 Å². The highest BCUT2D eigenvalue weighted by molar-refractivity contribution is 6.03. The molecular formula is C12H18N4O5. The number of amides is 2. The number of anilines is 1. The van der Waals surface area contributed by atoms with Gasteiger partial charge in [-0.2, -0.15) is 5.10 Å². The lowest BCUT2D eigenvalue weighted by atomic mass is 10.2. The van der Waals surface area contributed by atoms with E-state index in [1.807, 2.05) is 6.92 Å². The zero-order valence-corrected chi connectivity index (χ0v) is 11.9. The van der Waals surface area contributed by atoms with Gasteiger partial charge < -0.3 is 20.5 Å². The quantitative estimate of drug-likeness (QED) is 0.592. The third-order valence-electron chi connectivity index (χ3n) is 2.71. The second kappa shape index (κ2) is 7.39. The van der Waals surface area contributed by atoms with E-state index < -0.39 is 31.0 Å². The summed E-state index contributed by atoms with van der Waals surface area (Å²) < 4.78 is 4.74. The van der Waals surface area contributed by atoms with Crippen LogP contribution in [0.25, 0.3) is 0 Å².